The second-order valence-electron chi connectivity index (χ2n) is 6.30. The predicted molar refractivity (Wildman–Crippen MR) is 65.9 cm³/mol. The van der Waals surface area contributed by atoms with Crippen molar-refractivity contribution in [2.75, 3.05) is 6.54 Å². The van der Waals surface area contributed by atoms with E-state index in [-0.39, 0.29) is 11.8 Å². The highest BCUT2D eigenvalue weighted by Gasteiger charge is 2.53. The van der Waals surface area contributed by atoms with Crippen LogP contribution >= 0.6 is 0 Å². The summed E-state index contributed by atoms with van der Waals surface area (Å²) >= 11 is 0. The van der Waals surface area contributed by atoms with Gasteiger partial charge in [-0.2, -0.15) is 0 Å². The lowest BCUT2D eigenvalue weighted by atomic mass is 10.1. The van der Waals surface area contributed by atoms with Crippen molar-refractivity contribution < 1.29 is 14.7 Å². The van der Waals surface area contributed by atoms with Gasteiger partial charge in [0.25, 0.3) is 0 Å². The molecule has 3 saturated carbocycles. The van der Waals surface area contributed by atoms with Crippen LogP contribution in [0.4, 0.5) is 0 Å². The predicted octanol–water partition coefficient (Wildman–Crippen LogP) is 1.74. The number of rotatable bonds is 6. The van der Waals surface area contributed by atoms with Crippen LogP contribution in [0.15, 0.2) is 0 Å². The van der Waals surface area contributed by atoms with Crippen LogP contribution in [-0.4, -0.2) is 34.5 Å². The van der Waals surface area contributed by atoms with Gasteiger partial charge in [0, 0.05) is 18.5 Å². The van der Waals surface area contributed by atoms with E-state index in [4.69, 9.17) is 5.11 Å². The number of carbonyl (C=O) groups excluding carboxylic acids is 1. The Morgan fingerprint density at radius 3 is 2.44 bits per heavy atom. The first-order valence-corrected chi connectivity index (χ1v) is 7.11. The van der Waals surface area contributed by atoms with E-state index in [0.717, 1.165) is 25.2 Å². The summed E-state index contributed by atoms with van der Waals surface area (Å²) in [6.07, 6.45) is 5.75. The van der Waals surface area contributed by atoms with Crippen molar-refractivity contribution in [2.24, 2.45) is 23.7 Å². The first-order chi connectivity index (χ1) is 8.58. The van der Waals surface area contributed by atoms with E-state index < -0.39 is 11.9 Å². The van der Waals surface area contributed by atoms with Crippen LogP contribution in [0.2, 0.25) is 0 Å². The largest absolute Gasteiger partial charge is 0.481 e. The lowest BCUT2D eigenvalue weighted by Gasteiger charge is -2.24. The van der Waals surface area contributed by atoms with Gasteiger partial charge in [-0.25, -0.2) is 0 Å². The minimum Gasteiger partial charge on any atom is -0.481 e. The molecule has 0 aliphatic heterocycles. The molecule has 0 bridgehead atoms. The number of amides is 1. The van der Waals surface area contributed by atoms with E-state index in [1.165, 1.54) is 12.8 Å². The molecule has 3 aliphatic rings. The Balaban J connectivity index is 1.59. The third-order valence-electron chi connectivity index (χ3n) is 4.55. The molecule has 0 spiro atoms. The normalized spacial score (nSPS) is 31.8. The highest BCUT2D eigenvalue weighted by Crippen LogP contribution is 2.55. The van der Waals surface area contributed by atoms with Gasteiger partial charge in [0.1, 0.15) is 0 Å². The molecule has 4 heteroatoms. The van der Waals surface area contributed by atoms with Crippen LogP contribution in [0, 0.1) is 23.7 Å². The van der Waals surface area contributed by atoms with Gasteiger partial charge in [0.05, 0.1) is 5.92 Å². The van der Waals surface area contributed by atoms with Crippen LogP contribution < -0.4 is 0 Å². The number of hydrogen-bond acceptors (Lipinski definition) is 2. The van der Waals surface area contributed by atoms with Crippen LogP contribution in [0.25, 0.3) is 0 Å². The molecule has 0 radical (unpaired) electrons. The van der Waals surface area contributed by atoms with Crippen molar-refractivity contribution in [1.82, 2.24) is 4.90 Å². The van der Waals surface area contributed by atoms with E-state index in [0.29, 0.717) is 18.5 Å². The van der Waals surface area contributed by atoms with Crippen molar-refractivity contribution in [3.8, 4) is 0 Å². The van der Waals surface area contributed by atoms with Gasteiger partial charge < -0.3 is 10.0 Å². The summed E-state index contributed by atoms with van der Waals surface area (Å²) in [5.74, 6) is 0.632. The van der Waals surface area contributed by atoms with E-state index in [2.05, 4.69) is 0 Å². The minimum atomic E-state index is -0.803. The van der Waals surface area contributed by atoms with Crippen LogP contribution in [-0.2, 0) is 9.59 Å². The zero-order valence-corrected chi connectivity index (χ0v) is 10.8. The van der Waals surface area contributed by atoms with E-state index in [1.54, 1.807) is 6.92 Å². The molecule has 0 aromatic carbocycles. The molecule has 0 aromatic heterocycles. The standard InChI is InChI=1S/C14H21NO3/c1-8(14(17)18)7-15(10-4-5-10)13(16)12-6-11(12)9-2-3-9/h8-12H,2-7H2,1H3,(H,17,18). The van der Waals surface area contributed by atoms with Gasteiger partial charge >= 0.3 is 5.97 Å². The first-order valence-electron chi connectivity index (χ1n) is 7.11. The molecule has 3 rings (SSSR count). The van der Waals surface area contributed by atoms with Crippen LogP contribution in [0.3, 0.4) is 0 Å². The molecular weight excluding hydrogens is 230 g/mol. The fourth-order valence-electron chi connectivity index (χ4n) is 2.94. The number of aliphatic carboxylic acids is 1. The lowest BCUT2D eigenvalue weighted by Crippen LogP contribution is -2.39. The van der Waals surface area contributed by atoms with E-state index in [1.807, 2.05) is 4.90 Å². The summed E-state index contributed by atoms with van der Waals surface area (Å²) < 4.78 is 0. The molecule has 3 unspecified atom stereocenters. The molecule has 0 heterocycles. The van der Waals surface area contributed by atoms with Gasteiger partial charge in [-0.15, -0.1) is 0 Å². The fourth-order valence-corrected chi connectivity index (χ4v) is 2.94. The zero-order chi connectivity index (χ0) is 12.9. The average molecular weight is 251 g/mol. The molecule has 100 valence electrons. The van der Waals surface area contributed by atoms with Crippen molar-refractivity contribution in [2.45, 2.75) is 45.1 Å². The van der Waals surface area contributed by atoms with Gasteiger partial charge in [0.2, 0.25) is 5.91 Å². The van der Waals surface area contributed by atoms with Gasteiger partial charge in [-0.05, 0) is 43.9 Å². The lowest BCUT2D eigenvalue weighted by molar-refractivity contribution is -0.143. The smallest absolute Gasteiger partial charge is 0.308 e. The molecule has 1 N–H and O–H groups in total. The highest BCUT2D eigenvalue weighted by molar-refractivity contribution is 5.83. The van der Waals surface area contributed by atoms with Crippen molar-refractivity contribution in [3.63, 3.8) is 0 Å². The Kier molecular flexibility index (Phi) is 2.83. The van der Waals surface area contributed by atoms with Gasteiger partial charge in [-0.3, -0.25) is 9.59 Å². The quantitative estimate of drug-likeness (QED) is 0.782. The van der Waals surface area contributed by atoms with Gasteiger partial charge in [0.15, 0.2) is 0 Å². The second kappa shape index (κ2) is 4.25. The molecule has 18 heavy (non-hydrogen) atoms. The molecule has 0 saturated heterocycles. The average Bonchev–Trinajstić information content (AvgIpc) is 3.11. The van der Waals surface area contributed by atoms with Crippen LogP contribution in [0.5, 0.6) is 0 Å². The second-order valence-corrected chi connectivity index (χ2v) is 6.30. The highest BCUT2D eigenvalue weighted by atomic mass is 16.4. The number of carboxylic acids is 1. The number of hydrogen-bond donors (Lipinski definition) is 1. The molecule has 4 nitrogen and oxygen atoms in total. The topological polar surface area (TPSA) is 57.6 Å². The minimum absolute atomic E-state index is 0.221. The number of carboxylic acid groups (broad SMARTS) is 1. The Hall–Kier alpha value is -1.06. The van der Waals surface area contributed by atoms with Crippen molar-refractivity contribution in [1.29, 1.82) is 0 Å². The maximum absolute atomic E-state index is 12.4. The van der Waals surface area contributed by atoms with Gasteiger partial charge in [-0.1, -0.05) is 6.92 Å². The first kappa shape index (κ1) is 12.0. The summed E-state index contributed by atoms with van der Waals surface area (Å²) in [4.78, 5) is 25.2. The molecule has 0 aromatic rings. The summed E-state index contributed by atoms with van der Waals surface area (Å²) in [6.45, 7) is 2.09. The van der Waals surface area contributed by atoms with Crippen molar-refractivity contribution in [3.05, 3.63) is 0 Å². The number of nitrogens with zero attached hydrogens (tertiary/aromatic N) is 1. The Bertz CT molecular complexity index is 373. The zero-order valence-electron chi connectivity index (χ0n) is 10.8. The van der Waals surface area contributed by atoms with E-state index >= 15 is 0 Å². The Morgan fingerprint density at radius 2 is 1.94 bits per heavy atom. The SMILES string of the molecule is CC(CN(C(=O)C1CC1C1CC1)C1CC1)C(=O)O. The number of carbonyl (C=O) groups is 2. The fraction of sp³-hybridized carbons (Fsp3) is 0.857. The third-order valence-corrected chi connectivity index (χ3v) is 4.55. The third kappa shape index (κ3) is 2.38. The maximum atomic E-state index is 12.4. The summed E-state index contributed by atoms with van der Waals surface area (Å²) in [6, 6.07) is 0.333. The van der Waals surface area contributed by atoms with Crippen molar-refractivity contribution >= 4 is 11.9 Å². The molecule has 3 aliphatic carbocycles. The van der Waals surface area contributed by atoms with E-state index in [9.17, 15) is 9.59 Å². The molecule has 3 atom stereocenters. The Labute approximate surface area is 107 Å². The summed E-state index contributed by atoms with van der Waals surface area (Å²) in [5, 5.41) is 8.98. The Morgan fingerprint density at radius 1 is 1.28 bits per heavy atom. The maximum Gasteiger partial charge on any atom is 0.308 e. The molecule has 1 amide bonds. The van der Waals surface area contributed by atoms with Crippen LogP contribution in [0.1, 0.15) is 39.0 Å². The summed E-state index contributed by atoms with van der Waals surface area (Å²) in [7, 11) is 0. The molecule has 3 fully saturated rings. The molecular formula is C14H21NO3. The summed E-state index contributed by atoms with van der Waals surface area (Å²) in [5.41, 5.74) is 0. The monoisotopic (exact) mass is 251 g/mol.